The Bertz CT molecular complexity index is 949. The fraction of sp³-hybridized carbons (Fsp3) is 0.500. The van der Waals surface area contributed by atoms with Crippen LogP contribution in [-0.2, 0) is 4.79 Å². The molecule has 0 unspecified atom stereocenters. The van der Waals surface area contributed by atoms with Crippen LogP contribution < -0.4 is 14.5 Å². The fourth-order valence-electron chi connectivity index (χ4n) is 4.01. The third-order valence-corrected chi connectivity index (χ3v) is 5.90. The third-order valence-electron chi connectivity index (χ3n) is 5.63. The van der Waals surface area contributed by atoms with Crippen LogP contribution in [0.5, 0.6) is 5.75 Å². The van der Waals surface area contributed by atoms with Gasteiger partial charge in [-0.1, -0.05) is 30.7 Å². The number of benzene rings is 1. The number of hydrogen-bond donors (Lipinski definition) is 0. The summed E-state index contributed by atoms with van der Waals surface area (Å²) >= 11 is 6.29. The zero-order chi connectivity index (χ0) is 22.2. The van der Waals surface area contributed by atoms with E-state index in [0.717, 1.165) is 17.7 Å². The number of rotatable bonds is 7. The first-order valence-electron chi connectivity index (χ1n) is 10.4. The highest BCUT2D eigenvalue weighted by Gasteiger charge is 2.45. The van der Waals surface area contributed by atoms with Crippen LogP contribution in [0.15, 0.2) is 30.5 Å². The Kier molecular flexibility index (Phi) is 6.01. The van der Waals surface area contributed by atoms with E-state index in [4.69, 9.17) is 16.3 Å². The predicted octanol–water partition coefficient (Wildman–Crippen LogP) is 4.33. The maximum Gasteiger partial charge on any atom is 0.282 e. The van der Waals surface area contributed by atoms with Crippen LogP contribution in [-0.4, -0.2) is 54.0 Å². The summed E-state index contributed by atoms with van der Waals surface area (Å²) in [6.45, 7) is 4.18. The van der Waals surface area contributed by atoms with Crippen LogP contribution in [0, 0.1) is 0 Å². The van der Waals surface area contributed by atoms with Gasteiger partial charge in [0.05, 0.1) is 25.8 Å². The lowest BCUT2D eigenvalue weighted by Crippen LogP contribution is -2.57. The molecule has 0 saturated carbocycles. The second-order valence-corrected chi connectivity index (χ2v) is 8.81. The van der Waals surface area contributed by atoms with Crippen molar-refractivity contribution in [2.45, 2.75) is 44.6 Å². The summed E-state index contributed by atoms with van der Waals surface area (Å²) in [6, 6.07) is 7.83. The van der Waals surface area contributed by atoms with Crippen molar-refractivity contribution in [1.29, 1.82) is 0 Å². The third kappa shape index (κ3) is 5.06. The molecular weight excluding hydrogens is 426 g/mol. The first kappa shape index (κ1) is 21.7. The van der Waals surface area contributed by atoms with Gasteiger partial charge in [-0.25, -0.2) is 13.8 Å². The van der Waals surface area contributed by atoms with Crippen molar-refractivity contribution in [3.63, 3.8) is 0 Å². The number of hydrogen-bond acceptors (Lipinski definition) is 6. The standard InChI is InChI=1S/C22H25ClF2N4O2/c1-14(9-15(2)30)16-3-5-17(6-4-16)31-18-7-8-28(11-18)20-19(23)10-26-21(27-20)29-12-22(24,25)13-29/h3-6,10,14,18H,7-9,11-13H2,1-2H3/t14-,18-/m1/s1. The topological polar surface area (TPSA) is 58.6 Å². The Balaban J connectivity index is 1.37. The van der Waals surface area contributed by atoms with E-state index < -0.39 is 5.92 Å². The van der Waals surface area contributed by atoms with Crippen molar-refractivity contribution < 1.29 is 18.3 Å². The summed E-state index contributed by atoms with van der Waals surface area (Å²) < 4.78 is 32.5. The predicted molar refractivity (Wildman–Crippen MR) is 116 cm³/mol. The van der Waals surface area contributed by atoms with Crippen LogP contribution in [0.3, 0.4) is 0 Å². The van der Waals surface area contributed by atoms with Crippen molar-refractivity contribution in [2.24, 2.45) is 0 Å². The number of halogens is 3. The molecule has 1 aromatic heterocycles. The quantitative estimate of drug-likeness (QED) is 0.626. The second-order valence-electron chi connectivity index (χ2n) is 8.40. The van der Waals surface area contributed by atoms with Gasteiger partial charge >= 0.3 is 0 Å². The maximum atomic E-state index is 13.2. The number of ketones is 1. The van der Waals surface area contributed by atoms with E-state index in [2.05, 4.69) is 9.97 Å². The molecule has 6 nitrogen and oxygen atoms in total. The number of aromatic nitrogens is 2. The number of Topliss-reactive ketones (excluding diaryl/α,β-unsaturated/α-hetero) is 1. The minimum atomic E-state index is -2.69. The molecule has 2 aliphatic heterocycles. The lowest BCUT2D eigenvalue weighted by atomic mass is 9.96. The minimum Gasteiger partial charge on any atom is -0.489 e. The molecule has 166 valence electrons. The molecule has 2 aliphatic rings. The van der Waals surface area contributed by atoms with Crippen molar-refractivity contribution in [3.8, 4) is 5.75 Å². The second kappa shape index (κ2) is 8.57. The molecule has 2 fully saturated rings. The van der Waals surface area contributed by atoms with Gasteiger partial charge in [0.2, 0.25) is 5.95 Å². The first-order valence-corrected chi connectivity index (χ1v) is 10.7. The SMILES string of the molecule is CC(=O)C[C@@H](C)c1ccc(O[C@@H]2CCN(c3nc(N4CC(F)(F)C4)ncc3Cl)C2)cc1. The summed E-state index contributed by atoms with van der Waals surface area (Å²) in [7, 11) is 0. The van der Waals surface area contributed by atoms with Gasteiger partial charge in [0.1, 0.15) is 22.7 Å². The molecule has 1 aromatic carbocycles. The van der Waals surface area contributed by atoms with Crippen molar-refractivity contribution in [2.75, 3.05) is 36.0 Å². The van der Waals surface area contributed by atoms with Gasteiger partial charge in [0.25, 0.3) is 5.92 Å². The highest BCUT2D eigenvalue weighted by Crippen LogP contribution is 2.33. The Hall–Kier alpha value is -2.48. The summed E-state index contributed by atoms with van der Waals surface area (Å²) in [6.07, 6.45) is 2.74. The Morgan fingerprint density at radius 1 is 1.29 bits per heavy atom. The number of carbonyl (C=O) groups excluding carboxylic acids is 1. The molecule has 0 bridgehead atoms. The summed E-state index contributed by atoms with van der Waals surface area (Å²) in [5.74, 6) is -0.758. The number of ether oxygens (including phenoxy) is 1. The fourth-order valence-corrected chi connectivity index (χ4v) is 4.22. The van der Waals surface area contributed by atoms with Crippen molar-refractivity contribution in [3.05, 3.63) is 41.0 Å². The molecular formula is C22H25ClF2N4O2. The smallest absolute Gasteiger partial charge is 0.282 e. The number of anilines is 2. The Labute approximate surface area is 185 Å². The van der Waals surface area contributed by atoms with Gasteiger partial charge in [-0.05, 0) is 30.5 Å². The maximum absolute atomic E-state index is 13.2. The molecule has 0 N–H and O–H groups in total. The summed E-state index contributed by atoms with van der Waals surface area (Å²) in [5.41, 5.74) is 1.10. The van der Waals surface area contributed by atoms with Gasteiger partial charge in [-0.15, -0.1) is 0 Å². The van der Waals surface area contributed by atoms with Crippen LogP contribution in [0.2, 0.25) is 5.02 Å². The van der Waals surface area contributed by atoms with E-state index in [1.807, 2.05) is 36.1 Å². The molecule has 0 spiro atoms. The zero-order valence-electron chi connectivity index (χ0n) is 17.5. The molecule has 2 aromatic rings. The molecule has 2 saturated heterocycles. The van der Waals surface area contributed by atoms with Crippen molar-refractivity contribution >= 4 is 29.2 Å². The van der Waals surface area contributed by atoms with Crippen molar-refractivity contribution in [1.82, 2.24) is 9.97 Å². The van der Waals surface area contributed by atoms with Gasteiger partial charge < -0.3 is 19.3 Å². The largest absolute Gasteiger partial charge is 0.489 e. The average molecular weight is 451 g/mol. The van der Waals surface area contributed by atoms with Crippen LogP contribution in [0.1, 0.15) is 38.2 Å². The molecule has 0 amide bonds. The summed E-state index contributed by atoms with van der Waals surface area (Å²) in [4.78, 5) is 23.3. The normalized spacial score (nSPS) is 21.0. The van der Waals surface area contributed by atoms with Crippen LogP contribution >= 0.6 is 11.6 Å². The number of nitrogens with zero attached hydrogens (tertiary/aromatic N) is 4. The molecule has 0 radical (unpaired) electrons. The van der Waals surface area contributed by atoms with Gasteiger partial charge in [-0.2, -0.15) is 4.98 Å². The average Bonchev–Trinajstić information content (AvgIpc) is 3.14. The van der Waals surface area contributed by atoms with Crippen LogP contribution in [0.25, 0.3) is 0 Å². The molecule has 31 heavy (non-hydrogen) atoms. The highest BCUT2D eigenvalue weighted by atomic mass is 35.5. The Morgan fingerprint density at radius 3 is 2.65 bits per heavy atom. The lowest BCUT2D eigenvalue weighted by molar-refractivity contribution is -0.117. The van der Waals surface area contributed by atoms with E-state index in [9.17, 15) is 13.6 Å². The molecule has 3 heterocycles. The minimum absolute atomic E-state index is 0.0386. The van der Waals surface area contributed by atoms with E-state index >= 15 is 0 Å². The number of carbonyl (C=O) groups is 1. The highest BCUT2D eigenvalue weighted by molar-refractivity contribution is 6.32. The molecule has 0 aliphatic carbocycles. The van der Waals surface area contributed by atoms with Gasteiger partial charge in [0.15, 0.2) is 5.82 Å². The number of alkyl halides is 2. The lowest BCUT2D eigenvalue weighted by Gasteiger charge is -2.38. The first-order chi connectivity index (χ1) is 14.7. The van der Waals surface area contributed by atoms with E-state index in [1.165, 1.54) is 11.1 Å². The molecule has 2 atom stereocenters. The van der Waals surface area contributed by atoms with Gasteiger partial charge in [-0.3, -0.25) is 0 Å². The monoisotopic (exact) mass is 450 g/mol. The summed E-state index contributed by atoms with van der Waals surface area (Å²) in [5, 5.41) is 0.389. The van der Waals surface area contributed by atoms with E-state index in [1.54, 1.807) is 6.92 Å². The van der Waals surface area contributed by atoms with Crippen LogP contribution in [0.4, 0.5) is 20.5 Å². The molecule has 9 heteroatoms. The molecule has 4 rings (SSSR count). The van der Waals surface area contributed by atoms with E-state index in [-0.39, 0.29) is 36.8 Å². The Morgan fingerprint density at radius 2 is 2.00 bits per heavy atom. The van der Waals surface area contributed by atoms with E-state index in [0.29, 0.717) is 30.4 Å². The van der Waals surface area contributed by atoms with Gasteiger partial charge in [0, 0.05) is 19.4 Å². The zero-order valence-corrected chi connectivity index (χ0v) is 18.3.